The van der Waals surface area contributed by atoms with Crippen LogP contribution in [0.15, 0.2) is 72.9 Å². The summed E-state index contributed by atoms with van der Waals surface area (Å²) in [4.78, 5) is 13.4. The van der Waals surface area contributed by atoms with Crippen molar-refractivity contribution in [2.75, 3.05) is 26.4 Å². The van der Waals surface area contributed by atoms with Crippen molar-refractivity contribution in [3.05, 3.63) is 72.9 Å². The first-order valence-corrected chi connectivity index (χ1v) is 38.7. The molecule has 0 aliphatic carbocycles. The summed E-state index contributed by atoms with van der Waals surface area (Å²) < 4.78 is 34.4. The Balaban J connectivity index is 1.39. The monoisotopic (exact) mass is 1380 g/mol. The molecule has 0 radical (unpaired) electrons. The van der Waals surface area contributed by atoms with Crippen LogP contribution in [-0.2, 0) is 33.2 Å². The third-order valence-electron chi connectivity index (χ3n) is 19.0. The van der Waals surface area contributed by atoms with Gasteiger partial charge in [-0.1, -0.05) is 286 Å². The minimum atomic E-state index is -1.98. The van der Waals surface area contributed by atoms with Crippen LogP contribution in [0.2, 0.25) is 0 Å². The van der Waals surface area contributed by atoms with Gasteiger partial charge < -0.3 is 89.9 Å². The zero-order valence-electron chi connectivity index (χ0n) is 60.0. The maximum Gasteiger partial charge on any atom is 0.220 e. The number of amides is 1. The lowest BCUT2D eigenvalue weighted by molar-refractivity contribution is -0.379. The molecule has 0 spiro atoms. The number of ether oxygens (including phenoxy) is 6. The van der Waals surface area contributed by atoms with Crippen LogP contribution in [-0.4, -0.2) is 193 Å². The lowest BCUT2D eigenvalue weighted by Gasteiger charge is -2.48. The number of carbonyl (C=O) groups excluding carboxylic acids is 1. The standard InChI is InChI=1S/C78H139NO18/c1-3-5-7-9-11-13-15-17-19-21-23-25-26-27-28-29-30-31-32-33-34-36-37-39-41-43-45-47-49-51-53-55-62(83)61(79-66(84)56-54-52-50-48-46-44-42-40-38-35-24-22-20-18-16-14-12-10-8-6-4-2)60-92-76-72(90)69(87)74(64(58-81)94-76)97-78-73(91)70(88)75(65(59-82)95-78)96-77-71(89)68(86)67(85)63(57-80)93-77/h6,8,12,14,18,20,24,35,40,42,53,55,61-65,67-78,80-83,85-91H,3-5,7,9-11,13,15-17,19,21-23,25-34,36-39,41,43-52,54,56-60H2,1-2H3,(H,79,84)/b8-6-,14-12-,20-18-,35-24-,42-40-,55-53+. The Labute approximate surface area is 585 Å². The van der Waals surface area contributed by atoms with Gasteiger partial charge in [-0.3, -0.25) is 4.79 Å². The summed E-state index contributed by atoms with van der Waals surface area (Å²) in [7, 11) is 0. The Bertz CT molecular complexity index is 2040. The average molecular weight is 1380 g/mol. The van der Waals surface area contributed by atoms with E-state index in [9.17, 15) is 61.0 Å². The SMILES string of the molecule is CC/C=C\C/C=C\C/C=C\C/C=C\C/C=C\CCCCCCCC(=O)NC(COC1OC(CO)C(OC2OC(CO)C(OC3OC(CO)C(O)C(O)C3O)C(O)C2O)C(O)C1O)C(O)/C=C/CCCCCCCCCCCCCCCCCCCCCCCCCCCCCCC. The van der Waals surface area contributed by atoms with Crippen molar-refractivity contribution in [2.45, 2.75) is 388 Å². The van der Waals surface area contributed by atoms with Crippen molar-refractivity contribution < 1.29 is 89.4 Å². The molecule has 19 heteroatoms. The largest absolute Gasteiger partial charge is 0.394 e. The smallest absolute Gasteiger partial charge is 0.220 e. The van der Waals surface area contributed by atoms with Gasteiger partial charge in [-0.2, -0.15) is 0 Å². The Kier molecular flexibility index (Phi) is 53.5. The zero-order valence-corrected chi connectivity index (χ0v) is 60.0. The van der Waals surface area contributed by atoms with Crippen LogP contribution >= 0.6 is 0 Å². The lowest BCUT2D eigenvalue weighted by atomic mass is 9.96. The number of aliphatic hydroxyl groups excluding tert-OH is 11. The highest BCUT2D eigenvalue weighted by atomic mass is 16.8. The first-order chi connectivity index (χ1) is 47.3. The molecule has 17 unspecified atom stereocenters. The Morgan fingerprint density at radius 2 is 0.711 bits per heavy atom. The van der Waals surface area contributed by atoms with E-state index < -0.39 is 124 Å². The summed E-state index contributed by atoms with van der Waals surface area (Å²) in [5, 5.41) is 121. The van der Waals surface area contributed by atoms with Gasteiger partial charge in [0.2, 0.25) is 5.91 Å². The molecule has 3 heterocycles. The van der Waals surface area contributed by atoms with Crippen LogP contribution in [0.5, 0.6) is 0 Å². The summed E-state index contributed by atoms with van der Waals surface area (Å²) in [5.74, 6) is -0.294. The van der Waals surface area contributed by atoms with Crippen molar-refractivity contribution >= 4 is 5.91 Å². The molecule has 3 aliphatic heterocycles. The topological polar surface area (TPSA) is 307 Å². The molecule has 3 rings (SSSR count). The molecule has 564 valence electrons. The van der Waals surface area contributed by atoms with Gasteiger partial charge >= 0.3 is 0 Å². The van der Waals surface area contributed by atoms with E-state index in [0.717, 1.165) is 89.9 Å². The number of hydrogen-bond acceptors (Lipinski definition) is 18. The number of unbranched alkanes of at least 4 members (excludes halogenated alkanes) is 34. The summed E-state index contributed by atoms with van der Waals surface area (Å²) in [6.45, 7) is 1.63. The molecular weight excluding hydrogens is 1240 g/mol. The fourth-order valence-electron chi connectivity index (χ4n) is 12.8. The predicted octanol–water partition coefficient (Wildman–Crippen LogP) is 12.1. The van der Waals surface area contributed by atoms with Crippen LogP contribution in [0.4, 0.5) is 0 Å². The maximum atomic E-state index is 13.4. The highest BCUT2D eigenvalue weighted by Gasteiger charge is 2.53. The first kappa shape index (κ1) is 88.4. The van der Waals surface area contributed by atoms with Gasteiger partial charge in [-0.15, -0.1) is 0 Å². The van der Waals surface area contributed by atoms with E-state index in [4.69, 9.17) is 28.4 Å². The van der Waals surface area contributed by atoms with Crippen molar-refractivity contribution in [2.24, 2.45) is 0 Å². The van der Waals surface area contributed by atoms with Crippen molar-refractivity contribution in [3.8, 4) is 0 Å². The number of allylic oxidation sites excluding steroid dienone is 11. The Morgan fingerprint density at radius 1 is 0.381 bits per heavy atom. The molecule has 1 amide bonds. The Morgan fingerprint density at radius 3 is 1.11 bits per heavy atom. The highest BCUT2D eigenvalue weighted by Crippen LogP contribution is 2.33. The van der Waals surface area contributed by atoms with Gasteiger partial charge in [0.05, 0.1) is 38.6 Å². The van der Waals surface area contributed by atoms with Crippen molar-refractivity contribution in [3.63, 3.8) is 0 Å². The molecule has 0 bridgehead atoms. The Hall–Kier alpha value is -2.77. The summed E-state index contributed by atoms with van der Waals surface area (Å²) in [6, 6.07) is -0.990. The molecule has 19 nitrogen and oxygen atoms in total. The average Bonchev–Trinajstić information content (AvgIpc) is 0.789. The zero-order chi connectivity index (χ0) is 70.4. The molecule has 3 saturated heterocycles. The summed E-state index contributed by atoms with van der Waals surface area (Å²) >= 11 is 0. The van der Waals surface area contributed by atoms with Crippen LogP contribution in [0.1, 0.15) is 284 Å². The van der Waals surface area contributed by atoms with E-state index in [0.29, 0.717) is 6.42 Å². The van der Waals surface area contributed by atoms with E-state index >= 15 is 0 Å². The molecule has 97 heavy (non-hydrogen) atoms. The van der Waals surface area contributed by atoms with Crippen molar-refractivity contribution in [1.82, 2.24) is 5.32 Å². The van der Waals surface area contributed by atoms with E-state index in [1.165, 1.54) is 167 Å². The third-order valence-corrected chi connectivity index (χ3v) is 19.0. The molecule has 3 aliphatic rings. The van der Waals surface area contributed by atoms with Crippen LogP contribution in [0.3, 0.4) is 0 Å². The first-order valence-electron chi connectivity index (χ1n) is 38.7. The minimum absolute atomic E-state index is 0.218. The molecule has 0 aromatic rings. The number of hydrogen-bond donors (Lipinski definition) is 12. The minimum Gasteiger partial charge on any atom is -0.394 e. The number of carbonyl (C=O) groups is 1. The van der Waals surface area contributed by atoms with E-state index in [1.807, 2.05) is 6.08 Å². The van der Waals surface area contributed by atoms with Crippen LogP contribution < -0.4 is 5.32 Å². The summed E-state index contributed by atoms with van der Waals surface area (Å²) in [6.07, 6.45) is 48.9. The molecule has 17 atom stereocenters. The van der Waals surface area contributed by atoms with Gasteiger partial charge in [0, 0.05) is 6.42 Å². The second-order valence-electron chi connectivity index (χ2n) is 27.4. The fourth-order valence-corrected chi connectivity index (χ4v) is 12.8. The molecule has 3 fully saturated rings. The molecular formula is C78H139NO18. The van der Waals surface area contributed by atoms with E-state index in [2.05, 4.69) is 79.9 Å². The van der Waals surface area contributed by atoms with E-state index in [-0.39, 0.29) is 18.9 Å². The molecule has 0 aromatic heterocycles. The second kappa shape index (κ2) is 58.7. The van der Waals surface area contributed by atoms with E-state index in [1.54, 1.807) is 6.08 Å². The molecule has 0 saturated carbocycles. The second-order valence-corrected chi connectivity index (χ2v) is 27.4. The number of aliphatic hydroxyl groups is 11. The molecule has 12 N–H and O–H groups in total. The van der Waals surface area contributed by atoms with Gasteiger partial charge in [-0.25, -0.2) is 0 Å². The maximum absolute atomic E-state index is 13.4. The van der Waals surface area contributed by atoms with Crippen LogP contribution in [0, 0.1) is 0 Å². The van der Waals surface area contributed by atoms with Gasteiger partial charge in [0.25, 0.3) is 0 Å². The lowest BCUT2D eigenvalue weighted by Crippen LogP contribution is -2.66. The van der Waals surface area contributed by atoms with Gasteiger partial charge in [-0.05, 0) is 64.2 Å². The van der Waals surface area contributed by atoms with Gasteiger partial charge in [0.15, 0.2) is 18.9 Å². The summed E-state index contributed by atoms with van der Waals surface area (Å²) in [5.41, 5.74) is 0. The normalized spacial score (nSPS) is 27.3. The number of rotatable bonds is 60. The predicted molar refractivity (Wildman–Crippen MR) is 383 cm³/mol. The highest BCUT2D eigenvalue weighted by molar-refractivity contribution is 5.76. The third kappa shape index (κ3) is 39.5. The molecule has 0 aromatic carbocycles. The van der Waals surface area contributed by atoms with Crippen molar-refractivity contribution in [1.29, 1.82) is 0 Å². The van der Waals surface area contributed by atoms with Gasteiger partial charge in [0.1, 0.15) is 73.2 Å². The van der Waals surface area contributed by atoms with Crippen LogP contribution in [0.25, 0.3) is 0 Å². The number of nitrogens with one attached hydrogen (secondary N) is 1. The fraction of sp³-hybridized carbons (Fsp3) is 0.833. The quantitative estimate of drug-likeness (QED) is 0.0199.